The van der Waals surface area contributed by atoms with Gasteiger partial charge >= 0.3 is 0 Å². The average Bonchev–Trinajstić information content (AvgIpc) is 2.94. The van der Waals surface area contributed by atoms with E-state index in [1.807, 2.05) is 0 Å². The van der Waals surface area contributed by atoms with Gasteiger partial charge in [-0.25, -0.2) is 23.1 Å². The maximum absolute atomic E-state index is 12.1. The fourth-order valence-corrected chi connectivity index (χ4v) is 2.54. The van der Waals surface area contributed by atoms with E-state index in [1.54, 1.807) is 10.7 Å². The monoisotopic (exact) mass is 310 g/mol. The number of hydrogen-bond donors (Lipinski definition) is 2. The smallest absolute Gasteiger partial charge is 0.267 e. The molecule has 0 unspecified atom stereocenters. The number of nitrogens with one attached hydrogen (secondary N) is 2. The normalized spacial score (nSPS) is 11.5. The number of hydrogen-bond acceptors (Lipinski definition) is 6. The second kappa shape index (κ2) is 7.14. The standard InChI is InChI=1S/C12H18N6O2S/c1-2-4-13-7-8-18-10-11(9-16-18)21(19,20)17-12-14-5-3-6-15-12/h3,5-6,9-10,13H,2,4,7-8H2,1H3,(H,14,15,17). The van der Waals surface area contributed by atoms with Gasteiger partial charge in [0.1, 0.15) is 4.90 Å². The molecule has 0 aliphatic heterocycles. The van der Waals surface area contributed by atoms with Crippen LogP contribution in [0.5, 0.6) is 0 Å². The highest BCUT2D eigenvalue weighted by molar-refractivity contribution is 7.92. The van der Waals surface area contributed by atoms with Crippen molar-refractivity contribution in [3.63, 3.8) is 0 Å². The van der Waals surface area contributed by atoms with Crippen molar-refractivity contribution in [1.82, 2.24) is 25.1 Å². The van der Waals surface area contributed by atoms with Crippen LogP contribution in [-0.4, -0.2) is 41.3 Å². The Morgan fingerprint density at radius 3 is 2.71 bits per heavy atom. The van der Waals surface area contributed by atoms with Gasteiger partial charge in [-0.1, -0.05) is 6.92 Å². The van der Waals surface area contributed by atoms with Gasteiger partial charge in [0.05, 0.1) is 12.7 Å². The number of sulfonamides is 1. The van der Waals surface area contributed by atoms with Gasteiger partial charge < -0.3 is 5.32 Å². The topological polar surface area (TPSA) is 102 Å². The third kappa shape index (κ3) is 4.50. The van der Waals surface area contributed by atoms with Crippen LogP contribution in [0.15, 0.2) is 35.7 Å². The summed E-state index contributed by atoms with van der Waals surface area (Å²) in [6, 6.07) is 1.61. The predicted molar refractivity (Wildman–Crippen MR) is 78.2 cm³/mol. The van der Waals surface area contributed by atoms with Gasteiger partial charge in [0, 0.05) is 25.1 Å². The van der Waals surface area contributed by atoms with Gasteiger partial charge in [-0.2, -0.15) is 5.10 Å². The highest BCUT2D eigenvalue weighted by atomic mass is 32.2. The maximum Gasteiger partial charge on any atom is 0.267 e. The fraction of sp³-hybridized carbons (Fsp3) is 0.417. The van der Waals surface area contributed by atoms with Crippen molar-refractivity contribution in [2.75, 3.05) is 17.8 Å². The second-order valence-electron chi connectivity index (χ2n) is 4.37. The number of rotatable bonds is 8. The Balaban J connectivity index is 1.99. The summed E-state index contributed by atoms with van der Waals surface area (Å²) in [6.07, 6.45) is 6.78. The molecule has 2 N–H and O–H groups in total. The van der Waals surface area contributed by atoms with Crippen LogP contribution in [0.3, 0.4) is 0 Å². The fourth-order valence-electron chi connectivity index (χ4n) is 1.63. The van der Waals surface area contributed by atoms with Crippen molar-refractivity contribution in [2.45, 2.75) is 24.8 Å². The number of anilines is 1. The summed E-state index contributed by atoms with van der Waals surface area (Å²) in [5.41, 5.74) is 0. The van der Waals surface area contributed by atoms with Crippen molar-refractivity contribution in [3.05, 3.63) is 30.9 Å². The van der Waals surface area contributed by atoms with Crippen molar-refractivity contribution < 1.29 is 8.42 Å². The highest BCUT2D eigenvalue weighted by Crippen LogP contribution is 2.11. The van der Waals surface area contributed by atoms with E-state index in [-0.39, 0.29) is 10.8 Å². The summed E-state index contributed by atoms with van der Waals surface area (Å²) in [7, 11) is -3.71. The van der Waals surface area contributed by atoms with E-state index in [1.165, 1.54) is 24.8 Å². The lowest BCUT2D eigenvalue weighted by molar-refractivity contribution is 0.552. The summed E-state index contributed by atoms with van der Waals surface area (Å²) in [5.74, 6) is 0.0369. The number of nitrogens with zero attached hydrogens (tertiary/aromatic N) is 4. The van der Waals surface area contributed by atoms with E-state index in [0.29, 0.717) is 6.54 Å². The zero-order valence-electron chi connectivity index (χ0n) is 11.7. The Hall–Kier alpha value is -2.00. The molecule has 2 aromatic heterocycles. The van der Waals surface area contributed by atoms with Crippen LogP contribution in [-0.2, 0) is 16.6 Å². The van der Waals surface area contributed by atoms with Crippen molar-refractivity contribution in [2.24, 2.45) is 0 Å². The largest absolute Gasteiger partial charge is 0.315 e. The van der Waals surface area contributed by atoms with Crippen LogP contribution in [0.2, 0.25) is 0 Å². The summed E-state index contributed by atoms with van der Waals surface area (Å²) in [5, 5.41) is 7.26. The molecule has 8 nitrogen and oxygen atoms in total. The molecule has 2 rings (SSSR count). The molecule has 0 fully saturated rings. The number of aromatic nitrogens is 4. The van der Waals surface area contributed by atoms with Crippen LogP contribution in [0, 0.1) is 0 Å². The molecule has 114 valence electrons. The van der Waals surface area contributed by atoms with Crippen LogP contribution < -0.4 is 10.0 Å². The van der Waals surface area contributed by atoms with Crippen LogP contribution in [0.25, 0.3) is 0 Å². The van der Waals surface area contributed by atoms with Crippen molar-refractivity contribution in [1.29, 1.82) is 0 Å². The predicted octanol–water partition coefficient (Wildman–Crippen LogP) is 0.473. The molecule has 0 aliphatic rings. The second-order valence-corrected chi connectivity index (χ2v) is 6.05. The molecular formula is C12H18N6O2S. The Morgan fingerprint density at radius 2 is 2.00 bits per heavy atom. The Morgan fingerprint density at radius 1 is 1.24 bits per heavy atom. The molecule has 0 aromatic carbocycles. The van der Waals surface area contributed by atoms with E-state index in [9.17, 15) is 8.42 Å². The minimum atomic E-state index is -3.71. The molecule has 0 atom stereocenters. The molecule has 9 heteroatoms. The lowest BCUT2D eigenvalue weighted by Gasteiger charge is -2.04. The average molecular weight is 310 g/mol. The van der Waals surface area contributed by atoms with Crippen LogP contribution in [0.1, 0.15) is 13.3 Å². The molecule has 0 spiro atoms. The highest BCUT2D eigenvalue weighted by Gasteiger charge is 2.17. The van der Waals surface area contributed by atoms with Gasteiger partial charge in [0.2, 0.25) is 5.95 Å². The third-order valence-electron chi connectivity index (χ3n) is 2.66. The maximum atomic E-state index is 12.1. The SMILES string of the molecule is CCCNCCn1cc(S(=O)(=O)Nc2ncccn2)cn1. The van der Waals surface area contributed by atoms with Crippen LogP contribution in [0.4, 0.5) is 5.95 Å². The van der Waals surface area contributed by atoms with E-state index >= 15 is 0 Å². The van der Waals surface area contributed by atoms with Gasteiger partial charge in [-0.3, -0.25) is 4.68 Å². The first kappa shape index (κ1) is 15.4. The first-order valence-corrected chi connectivity index (χ1v) is 8.13. The molecule has 0 radical (unpaired) electrons. The van der Waals surface area contributed by atoms with E-state index < -0.39 is 10.0 Å². The van der Waals surface area contributed by atoms with Gasteiger partial charge in [0.15, 0.2) is 0 Å². The molecule has 0 saturated heterocycles. The zero-order chi connectivity index (χ0) is 15.1. The van der Waals surface area contributed by atoms with Crippen LogP contribution >= 0.6 is 0 Å². The molecule has 21 heavy (non-hydrogen) atoms. The first-order chi connectivity index (χ1) is 10.1. The molecule has 2 aromatic rings. The summed E-state index contributed by atoms with van der Waals surface area (Å²) in [6.45, 7) is 4.36. The molecule has 0 aliphatic carbocycles. The molecule has 0 bridgehead atoms. The molecule has 0 saturated carbocycles. The first-order valence-electron chi connectivity index (χ1n) is 6.65. The quantitative estimate of drug-likeness (QED) is 0.687. The molecule has 2 heterocycles. The minimum absolute atomic E-state index is 0.0369. The third-order valence-corrected chi connectivity index (χ3v) is 3.94. The van der Waals surface area contributed by atoms with E-state index in [4.69, 9.17) is 0 Å². The van der Waals surface area contributed by atoms with E-state index in [2.05, 4.69) is 32.0 Å². The molecule has 0 amide bonds. The minimum Gasteiger partial charge on any atom is -0.315 e. The summed E-state index contributed by atoms with van der Waals surface area (Å²) < 4.78 is 28.2. The molecular weight excluding hydrogens is 292 g/mol. The Bertz CT molecular complexity index is 655. The zero-order valence-corrected chi connectivity index (χ0v) is 12.5. The Labute approximate surface area is 123 Å². The van der Waals surface area contributed by atoms with Gasteiger partial charge in [0.25, 0.3) is 10.0 Å². The van der Waals surface area contributed by atoms with Gasteiger partial charge in [-0.15, -0.1) is 0 Å². The Kier molecular flexibility index (Phi) is 5.23. The lowest BCUT2D eigenvalue weighted by atomic mass is 10.5. The lowest BCUT2D eigenvalue weighted by Crippen LogP contribution is -2.20. The summed E-state index contributed by atoms with van der Waals surface area (Å²) in [4.78, 5) is 7.74. The van der Waals surface area contributed by atoms with E-state index in [0.717, 1.165) is 19.5 Å². The van der Waals surface area contributed by atoms with Gasteiger partial charge in [-0.05, 0) is 19.0 Å². The summed E-state index contributed by atoms with van der Waals surface area (Å²) >= 11 is 0. The van der Waals surface area contributed by atoms with Crippen molar-refractivity contribution in [3.8, 4) is 0 Å². The van der Waals surface area contributed by atoms with Crippen molar-refractivity contribution >= 4 is 16.0 Å².